The Morgan fingerprint density at radius 3 is 2.44 bits per heavy atom. The number of nitrogens with one attached hydrogen (secondary N) is 1. The molecule has 0 saturated heterocycles. The Morgan fingerprint density at radius 1 is 1.31 bits per heavy atom. The van der Waals surface area contributed by atoms with Crippen molar-refractivity contribution >= 4 is 28.8 Å². The van der Waals surface area contributed by atoms with Crippen molar-refractivity contribution in [3.63, 3.8) is 0 Å². The molecule has 0 unspecified atom stereocenters. The van der Waals surface area contributed by atoms with Crippen LogP contribution in [0.5, 0.6) is 0 Å². The van der Waals surface area contributed by atoms with Crippen molar-refractivity contribution < 1.29 is 0 Å². The number of nitrogens with zero attached hydrogens (tertiary/aromatic N) is 2. The molecule has 0 fully saturated rings. The number of nitrogens with two attached hydrogens (primary N) is 1. The van der Waals surface area contributed by atoms with Gasteiger partial charge in [-0.2, -0.15) is 5.10 Å². The van der Waals surface area contributed by atoms with Gasteiger partial charge in [0.1, 0.15) is 0 Å². The summed E-state index contributed by atoms with van der Waals surface area (Å²) in [6, 6.07) is 7.43. The maximum absolute atomic E-state index is 5.91. The van der Waals surface area contributed by atoms with Gasteiger partial charge >= 0.3 is 0 Å². The van der Waals surface area contributed by atoms with Crippen LogP contribution in [0, 0.1) is 6.92 Å². The number of halogens is 1. The SMILES string of the molecule is Cc1nn(C)c(Nc2ccc(Cl)cc2)c1N. The number of aromatic nitrogens is 2. The van der Waals surface area contributed by atoms with E-state index in [1.165, 1.54) is 0 Å². The van der Waals surface area contributed by atoms with Gasteiger partial charge in [0, 0.05) is 17.8 Å². The topological polar surface area (TPSA) is 55.9 Å². The van der Waals surface area contributed by atoms with Gasteiger partial charge in [0.2, 0.25) is 0 Å². The predicted octanol–water partition coefficient (Wildman–Crippen LogP) is 2.71. The zero-order valence-electron chi connectivity index (χ0n) is 9.16. The molecule has 1 aromatic heterocycles. The maximum Gasteiger partial charge on any atom is 0.152 e. The minimum Gasteiger partial charge on any atom is -0.394 e. The van der Waals surface area contributed by atoms with E-state index in [2.05, 4.69) is 10.4 Å². The number of nitrogen functional groups attached to an aromatic ring is 1. The Morgan fingerprint density at radius 2 is 1.94 bits per heavy atom. The fraction of sp³-hybridized carbons (Fsp3) is 0.182. The van der Waals surface area contributed by atoms with Gasteiger partial charge in [-0.15, -0.1) is 0 Å². The number of rotatable bonds is 2. The lowest BCUT2D eigenvalue weighted by atomic mass is 10.3. The summed E-state index contributed by atoms with van der Waals surface area (Å²) >= 11 is 5.81. The Labute approximate surface area is 99.0 Å². The van der Waals surface area contributed by atoms with Crippen LogP contribution >= 0.6 is 11.6 Å². The molecule has 0 aliphatic carbocycles. The molecule has 1 aromatic carbocycles. The van der Waals surface area contributed by atoms with E-state index in [0.29, 0.717) is 10.7 Å². The number of anilines is 3. The van der Waals surface area contributed by atoms with Crippen molar-refractivity contribution in [2.75, 3.05) is 11.1 Å². The van der Waals surface area contributed by atoms with E-state index in [0.717, 1.165) is 17.2 Å². The zero-order chi connectivity index (χ0) is 11.7. The highest BCUT2D eigenvalue weighted by atomic mass is 35.5. The fourth-order valence-electron chi connectivity index (χ4n) is 1.49. The molecular formula is C11H13ClN4. The van der Waals surface area contributed by atoms with Crippen LogP contribution in [0.25, 0.3) is 0 Å². The summed E-state index contributed by atoms with van der Waals surface area (Å²) in [4.78, 5) is 0. The Kier molecular flexibility index (Phi) is 2.75. The summed E-state index contributed by atoms with van der Waals surface area (Å²) in [6.45, 7) is 1.88. The van der Waals surface area contributed by atoms with Crippen molar-refractivity contribution in [1.29, 1.82) is 0 Å². The minimum absolute atomic E-state index is 0.664. The van der Waals surface area contributed by atoms with Crippen molar-refractivity contribution in [1.82, 2.24) is 9.78 Å². The molecule has 0 radical (unpaired) electrons. The highest BCUT2D eigenvalue weighted by molar-refractivity contribution is 6.30. The van der Waals surface area contributed by atoms with Crippen molar-refractivity contribution in [2.45, 2.75) is 6.92 Å². The highest BCUT2D eigenvalue weighted by Gasteiger charge is 2.09. The van der Waals surface area contributed by atoms with Crippen molar-refractivity contribution in [3.8, 4) is 0 Å². The zero-order valence-corrected chi connectivity index (χ0v) is 9.92. The monoisotopic (exact) mass is 236 g/mol. The smallest absolute Gasteiger partial charge is 0.152 e. The first-order chi connectivity index (χ1) is 7.58. The van der Waals surface area contributed by atoms with Gasteiger partial charge in [-0.1, -0.05) is 11.6 Å². The molecule has 16 heavy (non-hydrogen) atoms. The lowest BCUT2D eigenvalue weighted by Gasteiger charge is -2.07. The van der Waals surface area contributed by atoms with E-state index in [1.54, 1.807) is 4.68 Å². The second kappa shape index (κ2) is 4.06. The Balaban J connectivity index is 2.30. The molecule has 0 amide bonds. The van der Waals surface area contributed by atoms with E-state index in [-0.39, 0.29) is 0 Å². The van der Waals surface area contributed by atoms with Gasteiger partial charge in [0.25, 0.3) is 0 Å². The highest BCUT2D eigenvalue weighted by Crippen LogP contribution is 2.25. The van der Waals surface area contributed by atoms with Gasteiger partial charge in [-0.05, 0) is 31.2 Å². The van der Waals surface area contributed by atoms with Gasteiger partial charge in [0.05, 0.1) is 11.4 Å². The molecule has 5 heteroatoms. The summed E-state index contributed by atoms with van der Waals surface area (Å²) in [7, 11) is 1.85. The Hall–Kier alpha value is -1.68. The normalized spacial score (nSPS) is 10.4. The third-order valence-electron chi connectivity index (χ3n) is 2.38. The minimum atomic E-state index is 0.664. The van der Waals surface area contributed by atoms with E-state index < -0.39 is 0 Å². The van der Waals surface area contributed by atoms with Gasteiger partial charge < -0.3 is 11.1 Å². The second-order valence-electron chi connectivity index (χ2n) is 3.60. The molecule has 0 bridgehead atoms. The van der Waals surface area contributed by atoms with Crippen LogP contribution in [-0.4, -0.2) is 9.78 Å². The van der Waals surface area contributed by atoms with Crippen molar-refractivity contribution in [2.24, 2.45) is 7.05 Å². The molecule has 2 rings (SSSR count). The molecule has 0 saturated carbocycles. The molecule has 3 N–H and O–H groups in total. The van der Waals surface area contributed by atoms with Gasteiger partial charge in [-0.3, -0.25) is 4.68 Å². The predicted molar refractivity (Wildman–Crippen MR) is 67.1 cm³/mol. The molecule has 0 spiro atoms. The van der Waals surface area contributed by atoms with Crippen LogP contribution in [0.2, 0.25) is 5.02 Å². The largest absolute Gasteiger partial charge is 0.394 e. The van der Waals surface area contributed by atoms with Gasteiger partial charge in [0.15, 0.2) is 5.82 Å². The fourth-order valence-corrected chi connectivity index (χ4v) is 1.62. The van der Waals surface area contributed by atoms with Crippen LogP contribution in [0.15, 0.2) is 24.3 Å². The average molecular weight is 237 g/mol. The maximum atomic E-state index is 5.91. The van der Waals surface area contributed by atoms with Crippen LogP contribution in [0.1, 0.15) is 5.69 Å². The van der Waals surface area contributed by atoms with Crippen LogP contribution < -0.4 is 11.1 Å². The number of hydrogen-bond acceptors (Lipinski definition) is 3. The molecule has 2 aromatic rings. The van der Waals surface area contributed by atoms with Gasteiger partial charge in [-0.25, -0.2) is 0 Å². The number of aryl methyl sites for hydroxylation is 2. The third kappa shape index (κ3) is 1.97. The van der Waals surface area contributed by atoms with Crippen LogP contribution in [0.3, 0.4) is 0 Å². The molecule has 4 nitrogen and oxygen atoms in total. The third-order valence-corrected chi connectivity index (χ3v) is 2.63. The summed E-state index contributed by atoms with van der Waals surface area (Å²) < 4.78 is 1.72. The molecule has 1 heterocycles. The molecule has 0 atom stereocenters. The number of benzene rings is 1. The first-order valence-corrected chi connectivity index (χ1v) is 5.27. The lowest BCUT2D eigenvalue weighted by molar-refractivity contribution is 0.765. The molecule has 0 aliphatic rings. The molecule has 84 valence electrons. The van der Waals surface area contributed by atoms with Crippen LogP contribution in [-0.2, 0) is 7.05 Å². The first-order valence-electron chi connectivity index (χ1n) is 4.89. The summed E-state index contributed by atoms with van der Waals surface area (Å²) in [5, 5.41) is 8.14. The summed E-state index contributed by atoms with van der Waals surface area (Å²) in [6.07, 6.45) is 0. The van der Waals surface area contributed by atoms with E-state index >= 15 is 0 Å². The Bertz CT molecular complexity index is 501. The van der Waals surface area contributed by atoms with E-state index in [4.69, 9.17) is 17.3 Å². The summed E-state index contributed by atoms with van der Waals surface area (Å²) in [5.41, 5.74) is 8.32. The number of hydrogen-bond donors (Lipinski definition) is 2. The van der Waals surface area contributed by atoms with Crippen molar-refractivity contribution in [3.05, 3.63) is 35.0 Å². The van der Waals surface area contributed by atoms with E-state index in [9.17, 15) is 0 Å². The lowest BCUT2D eigenvalue weighted by Crippen LogP contribution is -2.01. The molecular weight excluding hydrogens is 224 g/mol. The first kappa shape index (κ1) is 10.8. The molecule has 0 aliphatic heterocycles. The van der Waals surface area contributed by atoms with E-state index in [1.807, 2.05) is 38.2 Å². The summed E-state index contributed by atoms with van der Waals surface area (Å²) in [5.74, 6) is 0.792. The quantitative estimate of drug-likeness (QED) is 0.843. The second-order valence-corrected chi connectivity index (χ2v) is 4.04. The standard InChI is InChI=1S/C11H13ClN4/c1-7-10(13)11(16(2)15-7)14-9-5-3-8(12)4-6-9/h3-6,14H,13H2,1-2H3. The van der Waals surface area contributed by atoms with Crippen LogP contribution in [0.4, 0.5) is 17.2 Å². The average Bonchev–Trinajstić information content (AvgIpc) is 2.48.